The number of thioether (sulfide) groups is 1. The number of hydrogen-bond acceptors (Lipinski definition) is 4. The molecule has 1 N–H and O–H groups in total. The Morgan fingerprint density at radius 3 is 2.84 bits per heavy atom. The van der Waals surface area contributed by atoms with Crippen LogP contribution >= 0.6 is 11.8 Å². The quantitative estimate of drug-likeness (QED) is 0.615. The van der Waals surface area contributed by atoms with Gasteiger partial charge in [0.2, 0.25) is 0 Å². The Morgan fingerprint density at radius 1 is 1.42 bits per heavy atom. The molecule has 1 aliphatic rings. The van der Waals surface area contributed by atoms with Crippen LogP contribution in [0.4, 0.5) is 0 Å². The second-order valence-electron chi connectivity index (χ2n) is 4.82. The summed E-state index contributed by atoms with van der Waals surface area (Å²) in [6.45, 7) is 4.64. The Hall–Kier alpha value is -0.710. The van der Waals surface area contributed by atoms with Crippen LogP contribution in [0.15, 0.2) is 29.2 Å². The van der Waals surface area contributed by atoms with Crippen LogP contribution in [0, 0.1) is 0 Å². The molecule has 0 radical (unpaired) electrons. The fourth-order valence-corrected chi connectivity index (χ4v) is 2.66. The molecule has 1 aromatic carbocycles. The summed E-state index contributed by atoms with van der Waals surface area (Å²) in [5.74, 6) is 0.935. The van der Waals surface area contributed by atoms with E-state index in [2.05, 4.69) is 30.6 Å². The van der Waals surface area contributed by atoms with Gasteiger partial charge in [0.05, 0.1) is 6.10 Å². The molecule has 0 amide bonds. The summed E-state index contributed by atoms with van der Waals surface area (Å²) in [4.78, 5) is 1.26. The first-order chi connectivity index (χ1) is 9.29. The SMILES string of the molecule is CSc1ccc(OCCNC(C)C2CCCO2)cc1. The highest BCUT2D eigenvalue weighted by Gasteiger charge is 2.21. The molecular weight excluding hydrogens is 258 g/mol. The van der Waals surface area contributed by atoms with Crippen molar-refractivity contribution in [1.29, 1.82) is 0 Å². The molecule has 2 atom stereocenters. The van der Waals surface area contributed by atoms with E-state index in [0.29, 0.717) is 18.8 Å². The molecule has 4 heteroatoms. The van der Waals surface area contributed by atoms with Crippen molar-refractivity contribution >= 4 is 11.8 Å². The molecule has 1 aromatic rings. The summed E-state index contributed by atoms with van der Waals surface area (Å²) in [5.41, 5.74) is 0. The third kappa shape index (κ3) is 4.71. The van der Waals surface area contributed by atoms with Gasteiger partial charge in [0.1, 0.15) is 12.4 Å². The first kappa shape index (κ1) is 14.7. The van der Waals surface area contributed by atoms with E-state index in [0.717, 1.165) is 18.9 Å². The smallest absolute Gasteiger partial charge is 0.119 e. The van der Waals surface area contributed by atoms with Gasteiger partial charge in [-0.3, -0.25) is 0 Å². The summed E-state index contributed by atoms with van der Waals surface area (Å²) >= 11 is 1.74. The van der Waals surface area contributed by atoms with Crippen molar-refractivity contribution in [2.45, 2.75) is 36.8 Å². The Labute approximate surface area is 120 Å². The summed E-state index contributed by atoms with van der Waals surface area (Å²) in [5, 5.41) is 3.46. The average molecular weight is 281 g/mol. The number of rotatable bonds is 7. The van der Waals surface area contributed by atoms with E-state index in [-0.39, 0.29) is 0 Å². The maximum absolute atomic E-state index is 5.71. The van der Waals surface area contributed by atoms with Crippen LogP contribution in [0.2, 0.25) is 0 Å². The van der Waals surface area contributed by atoms with E-state index in [1.807, 2.05) is 12.1 Å². The van der Waals surface area contributed by atoms with Crippen LogP contribution in [0.3, 0.4) is 0 Å². The number of ether oxygens (including phenoxy) is 2. The van der Waals surface area contributed by atoms with Gasteiger partial charge in [-0.15, -0.1) is 11.8 Å². The highest BCUT2D eigenvalue weighted by atomic mass is 32.2. The van der Waals surface area contributed by atoms with E-state index < -0.39 is 0 Å². The van der Waals surface area contributed by atoms with Gasteiger partial charge in [-0.05, 0) is 50.3 Å². The van der Waals surface area contributed by atoms with E-state index in [1.54, 1.807) is 11.8 Å². The maximum Gasteiger partial charge on any atom is 0.119 e. The van der Waals surface area contributed by atoms with E-state index in [1.165, 1.54) is 17.7 Å². The molecule has 0 aromatic heterocycles. The summed E-state index contributed by atoms with van der Waals surface area (Å²) in [7, 11) is 0. The Balaban J connectivity index is 1.62. The lowest BCUT2D eigenvalue weighted by molar-refractivity contribution is 0.0824. The molecule has 0 aliphatic carbocycles. The van der Waals surface area contributed by atoms with Crippen molar-refractivity contribution < 1.29 is 9.47 Å². The molecule has 0 bridgehead atoms. The Morgan fingerprint density at radius 2 is 2.21 bits per heavy atom. The van der Waals surface area contributed by atoms with E-state index in [4.69, 9.17) is 9.47 Å². The van der Waals surface area contributed by atoms with Gasteiger partial charge < -0.3 is 14.8 Å². The molecule has 0 spiro atoms. The van der Waals surface area contributed by atoms with E-state index >= 15 is 0 Å². The predicted molar refractivity (Wildman–Crippen MR) is 80.2 cm³/mol. The van der Waals surface area contributed by atoms with Gasteiger partial charge in [-0.1, -0.05) is 0 Å². The zero-order valence-corrected chi connectivity index (χ0v) is 12.5. The molecule has 1 saturated heterocycles. The Bertz CT molecular complexity index is 363. The standard InChI is InChI=1S/C15H23NO2S/c1-12(15-4-3-10-18-15)16-9-11-17-13-5-7-14(19-2)8-6-13/h5-8,12,15-16H,3-4,9-11H2,1-2H3. The molecule has 1 fully saturated rings. The summed E-state index contributed by atoms with van der Waals surface area (Å²) < 4.78 is 11.4. The first-order valence-corrected chi connectivity index (χ1v) is 8.14. The van der Waals surface area contributed by atoms with Crippen LogP contribution in [0.1, 0.15) is 19.8 Å². The van der Waals surface area contributed by atoms with Crippen molar-refractivity contribution in [2.24, 2.45) is 0 Å². The van der Waals surface area contributed by atoms with Crippen LogP contribution in [-0.2, 0) is 4.74 Å². The third-order valence-electron chi connectivity index (χ3n) is 3.42. The van der Waals surface area contributed by atoms with Crippen LogP contribution in [0.5, 0.6) is 5.75 Å². The minimum atomic E-state index is 0.376. The number of nitrogens with one attached hydrogen (secondary N) is 1. The minimum Gasteiger partial charge on any atom is -0.492 e. The molecule has 0 saturated carbocycles. The topological polar surface area (TPSA) is 30.5 Å². The van der Waals surface area contributed by atoms with Crippen LogP contribution < -0.4 is 10.1 Å². The third-order valence-corrected chi connectivity index (χ3v) is 4.16. The lowest BCUT2D eigenvalue weighted by Gasteiger charge is -2.20. The fourth-order valence-electron chi connectivity index (χ4n) is 2.26. The van der Waals surface area contributed by atoms with Crippen molar-refractivity contribution in [3.63, 3.8) is 0 Å². The first-order valence-electron chi connectivity index (χ1n) is 6.91. The molecular formula is C15H23NO2S. The lowest BCUT2D eigenvalue weighted by Crippen LogP contribution is -2.39. The average Bonchev–Trinajstić information content (AvgIpc) is 2.98. The lowest BCUT2D eigenvalue weighted by atomic mass is 10.1. The second kappa shape index (κ2) is 7.78. The molecule has 2 rings (SSSR count). The van der Waals surface area contributed by atoms with Gasteiger partial charge >= 0.3 is 0 Å². The number of hydrogen-bond donors (Lipinski definition) is 1. The van der Waals surface area contributed by atoms with Gasteiger partial charge in [0.25, 0.3) is 0 Å². The van der Waals surface area contributed by atoms with Gasteiger partial charge in [-0.2, -0.15) is 0 Å². The molecule has 1 heterocycles. The zero-order chi connectivity index (χ0) is 13.5. The molecule has 106 valence electrons. The predicted octanol–water partition coefficient (Wildman–Crippen LogP) is 2.94. The minimum absolute atomic E-state index is 0.376. The molecule has 3 nitrogen and oxygen atoms in total. The van der Waals surface area contributed by atoms with Crippen molar-refractivity contribution in [2.75, 3.05) is 26.0 Å². The highest BCUT2D eigenvalue weighted by molar-refractivity contribution is 7.98. The fraction of sp³-hybridized carbons (Fsp3) is 0.600. The summed E-state index contributed by atoms with van der Waals surface area (Å²) in [6, 6.07) is 8.63. The summed E-state index contributed by atoms with van der Waals surface area (Å²) in [6.07, 6.45) is 4.81. The van der Waals surface area contributed by atoms with E-state index in [9.17, 15) is 0 Å². The maximum atomic E-state index is 5.71. The molecule has 2 unspecified atom stereocenters. The van der Waals surface area contributed by atoms with Crippen molar-refractivity contribution in [1.82, 2.24) is 5.32 Å². The van der Waals surface area contributed by atoms with Crippen molar-refractivity contribution in [3.05, 3.63) is 24.3 Å². The van der Waals surface area contributed by atoms with Gasteiger partial charge in [-0.25, -0.2) is 0 Å². The molecule has 1 aliphatic heterocycles. The Kier molecular flexibility index (Phi) is 6.01. The van der Waals surface area contributed by atoms with Crippen LogP contribution in [-0.4, -0.2) is 38.2 Å². The second-order valence-corrected chi connectivity index (χ2v) is 5.70. The highest BCUT2D eigenvalue weighted by Crippen LogP contribution is 2.19. The largest absolute Gasteiger partial charge is 0.492 e. The normalized spacial score (nSPS) is 20.4. The zero-order valence-electron chi connectivity index (χ0n) is 11.7. The van der Waals surface area contributed by atoms with Gasteiger partial charge in [0, 0.05) is 24.1 Å². The monoisotopic (exact) mass is 281 g/mol. The van der Waals surface area contributed by atoms with Gasteiger partial charge in [0.15, 0.2) is 0 Å². The molecule has 19 heavy (non-hydrogen) atoms. The van der Waals surface area contributed by atoms with Crippen molar-refractivity contribution in [3.8, 4) is 5.75 Å². The number of benzene rings is 1. The van der Waals surface area contributed by atoms with Crippen LogP contribution in [0.25, 0.3) is 0 Å².